The molecular weight excluding hydrogens is 118 g/mol. The lowest BCUT2D eigenvalue weighted by Gasteiger charge is -2.05. The summed E-state index contributed by atoms with van der Waals surface area (Å²) >= 11 is 0. The number of hydrogen-bond donors (Lipinski definition) is 1. The van der Waals surface area contributed by atoms with Crippen molar-refractivity contribution in [3.8, 4) is 0 Å². The minimum atomic E-state index is -0.417. The summed E-state index contributed by atoms with van der Waals surface area (Å²) in [6.07, 6.45) is 1.90. The van der Waals surface area contributed by atoms with Crippen LogP contribution in [0.4, 0.5) is 0 Å². The van der Waals surface area contributed by atoms with E-state index in [1.54, 1.807) is 6.29 Å². The molecule has 2 N–H and O–H groups in total. The molecule has 0 aliphatic rings. The molecule has 0 aromatic heterocycles. The molecule has 0 saturated heterocycles. The van der Waals surface area contributed by atoms with Gasteiger partial charge in [-0.25, -0.2) is 0 Å². The Bertz CT molecular complexity index is 69.5. The Morgan fingerprint density at radius 1 is 1.78 bits per heavy atom. The number of ether oxygens (including phenoxy) is 1. The van der Waals surface area contributed by atoms with E-state index in [0.717, 1.165) is 0 Å². The van der Waals surface area contributed by atoms with Crippen LogP contribution >= 0.6 is 0 Å². The molecule has 0 spiro atoms. The molecule has 0 amide bonds. The highest BCUT2D eigenvalue weighted by molar-refractivity contribution is 5.56. The second kappa shape index (κ2) is 5.72. The molecule has 9 heavy (non-hydrogen) atoms. The fourth-order valence-corrected chi connectivity index (χ4v) is 0.529. The number of rotatable bonds is 5. The second-order valence-electron chi connectivity index (χ2n) is 1.64. The maximum absolute atomic E-state index is 9.98. The highest BCUT2D eigenvalue weighted by atomic mass is 16.5. The third-order valence-corrected chi connectivity index (χ3v) is 0.928. The van der Waals surface area contributed by atoms with Gasteiger partial charge in [-0.05, 0) is 19.9 Å². The van der Waals surface area contributed by atoms with Crippen molar-refractivity contribution < 1.29 is 9.53 Å². The van der Waals surface area contributed by atoms with E-state index in [0.29, 0.717) is 19.6 Å². The van der Waals surface area contributed by atoms with Crippen molar-refractivity contribution in [1.82, 2.24) is 0 Å². The van der Waals surface area contributed by atoms with Gasteiger partial charge < -0.3 is 10.5 Å². The van der Waals surface area contributed by atoms with Gasteiger partial charge in [0.25, 0.3) is 0 Å². The molecule has 0 fully saturated rings. The van der Waals surface area contributed by atoms with Crippen LogP contribution in [0.3, 0.4) is 0 Å². The van der Waals surface area contributed by atoms with Crippen molar-refractivity contribution in [2.75, 3.05) is 13.2 Å². The second-order valence-corrected chi connectivity index (χ2v) is 1.64. The van der Waals surface area contributed by atoms with Crippen molar-refractivity contribution in [3.05, 3.63) is 0 Å². The fourth-order valence-electron chi connectivity index (χ4n) is 0.529. The maximum Gasteiger partial charge on any atom is 0.229 e. The Morgan fingerprint density at radius 2 is 2.44 bits per heavy atom. The molecule has 0 aliphatic carbocycles. The minimum absolute atomic E-state index is 0.417. The summed E-state index contributed by atoms with van der Waals surface area (Å²) in [6.45, 7) is 2.85. The third-order valence-electron chi connectivity index (χ3n) is 0.928. The van der Waals surface area contributed by atoms with Crippen LogP contribution in [0.1, 0.15) is 13.3 Å². The predicted molar refractivity (Wildman–Crippen MR) is 34.8 cm³/mol. The van der Waals surface area contributed by atoms with Crippen molar-refractivity contribution in [2.24, 2.45) is 5.73 Å². The molecule has 0 aromatic carbocycles. The summed E-state index contributed by atoms with van der Waals surface area (Å²) in [5, 5.41) is 0. The quantitative estimate of drug-likeness (QED) is 0.563. The van der Waals surface area contributed by atoms with Crippen LogP contribution in [-0.4, -0.2) is 25.5 Å². The smallest absolute Gasteiger partial charge is 0.229 e. The molecule has 0 aliphatic heterocycles. The Balaban J connectivity index is 3.29. The van der Waals surface area contributed by atoms with Gasteiger partial charge in [0, 0.05) is 6.61 Å². The molecule has 0 aromatic rings. The van der Waals surface area contributed by atoms with Crippen molar-refractivity contribution in [1.29, 1.82) is 0 Å². The molecule has 0 rings (SSSR count). The van der Waals surface area contributed by atoms with Gasteiger partial charge in [-0.1, -0.05) is 0 Å². The summed E-state index contributed by atoms with van der Waals surface area (Å²) in [5.74, 6) is 0. The van der Waals surface area contributed by atoms with E-state index in [4.69, 9.17) is 10.5 Å². The number of carbonyl (C=O) groups excluding carboxylic acids is 1. The summed E-state index contributed by atoms with van der Waals surface area (Å²) in [7, 11) is 0. The first-order valence-electron chi connectivity index (χ1n) is 3.04. The van der Waals surface area contributed by atoms with Crippen LogP contribution in [0.15, 0.2) is 0 Å². The van der Waals surface area contributed by atoms with Gasteiger partial charge in [0.15, 0.2) is 0 Å². The highest BCUT2D eigenvalue weighted by Crippen LogP contribution is 1.91. The molecule has 0 saturated carbocycles. The van der Waals surface area contributed by atoms with Gasteiger partial charge in [-0.15, -0.1) is 0 Å². The van der Waals surface area contributed by atoms with Crippen LogP contribution in [0.5, 0.6) is 0 Å². The van der Waals surface area contributed by atoms with E-state index in [1.165, 1.54) is 0 Å². The topological polar surface area (TPSA) is 52.3 Å². The average Bonchev–Trinajstić information content (AvgIpc) is 1.88. The van der Waals surface area contributed by atoms with Gasteiger partial charge in [-0.2, -0.15) is 0 Å². The van der Waals surface area contributed by atoms with Gasteiger partial charge in [-0.3, -0.25) is 4.79 Å². The van der Waals surface area contributed by atoms with Gasteiger partial charge >= 0.3 is 0 Å². The number of nitrogens with two attached hydrogens (primary N) is 1. The standard InChI is InChI=1S/C6H12NO2/c1-2-9-6(5-8)3-4-7/h6H,2-4,7H2,1H3. The Kier molecular flexibility index (Phi) is 5.46. The normalized spacial score (nSPS) is 13.1. The average molecular weight is 130 g/mol. The van der Waals surface area contributed by atoms with Crippen molar-refractivity contribution in [3.63, 3.8) is 0 Å². The monoisotopic (exact) mass is 130 g/mol. The molecule has 53 valence electrons. The lowest BCUT2D eigenvalue weighted by Crippen LogP contribution is -2.18. The van der Waals surface area contributed by atoms with E-state index in [-0.39, 0.29) is 0 Å². The van der Waals surface area contributed by atoms with E-state index < -0.39 is 6.10 Å². The summed E-state index contributed by atoms with van der Waals surface area (Å²) in [5.41, 5.74) is 5.18. The molecule has 0 bridgehead atoms. The molecular formula is C6H12NO2. The summed E-state index contributed by atoms with van der Waals surface area (Å²) in [4.78, 5) is 9.98. The lowest BCUT2D eigenvalue weighted by molar-refractivity contribution is 0.103. The van der Waals surface area contributed by atoms with Crippen molar-refractivity contribution in [2.45, 2.75) is 19.4 Å². The van der Waals surface area contributed by atoms with Gasteiger partial charge in [0.05, 0.1) is 0 Å². The Morgan fingerprint density at radius 3 is 2.78 bits per heavy atom. The fraction of sp³-hybridized carbons (Fsp3) is 0.833. The van der Waals surface area contributed by atoms with Crippen LogP contribution in [0.2, 0.25) is 0 Å². The molecule has 1 unspecified atom stereocenters. The van der Waals surface area contributed by atoms with Crippen molar-refractivity contribution >= 4 is 6.29 Å². The zero-order valence-electron chi connectivity index (χ0n) is 5.59. The summed E-state index contributed by atoms with van der Waals surface area (Å²) in [6, 6.07) is 0. The van der Waals surface area contributed by atoms with Crippen LogP contribution in [0, 0.1) is 0 Å². The van der Waals surface area contributed by atoms with E-state index in [9.17, 15) is 4.79 Å². The first kappa shape index (κ1) is 8.59. The summed E-state index contributed by atoms with van der Waals surface area (Å²) < 4.78 is 4.93. The SMILES string of the molecule is CCOC([C]=O)CCN. The first-order valence-corrected chi connectivity index (χ1v) is 3.04. The number of hydrogen-bond acceptors (Lipinski definition) is 3. The molecule has 3 nitrogen and oxygen atoms in total. The molecule has 1 radical (unpaired) electrons. The van der Waals surface area contributed by atoms with Crippen LogP contribution < -0.4 is 5.73 Å². The van der Waals surface area contributed by atoms with Gasteiger partial charge in [0.2, 0.25) is 6.29 Å². The third kappa shape index (κ3) is 4.12. The van der Waals surface area contributed by atoms with E-state index >= 15 is 0 Å². The first-order chi connectivity index (χ1) is 4.35. The van der Waals surface area contributed by atoms with Gasteiger partial charge in [0.1, 0.15) is 6.10 Å². The Hall–Kier alpha value is -0.410. The largest absolute Gasteiger partial charge is 0.370 e. The maximum atomic E-state index is 9.98. The zero-order valence-corrected chi connectivity index (χ0v) is 5.59. The zero-order chi connectivity index (χ0) is 7.11. The highest BCUT2D eigenvalue weighted by Gasteiger charge is 2.04. The lowest BCUT2D eigenvalue weighted by atomic mass is 10.3. The molecule has 1 atom stereocenters. The molecule has 3 heteroatoms. The van der Waals surface area contributed by atoms with E-state index in [1.807, 2.05) is 6.92 Å². The minimum Gasteiger partial charge on any atom is -0.370 e. The molecule has 0 heterocycles. The van der Waals surface area contributed by atoms with Crippen LogP contribution in [-0.2, 0) is 9.53 Å². The predicted octanol–water partition coefficient (Wildman–Crippen LogP) is -0.150. The van der Waals surface area contributed by atoms with E-state index in [2.05, 4.69) is 0 Å². The Labute approximate surface area is 55.2 Å². The van der Waals surface area contributed by atoms with Crippen LogP contribution in [0.25, 0.3) is 0 Å².